The van der Waals surface area contributed by atoms with Crippen LogP contribution in [0.5, 0.6) is 0 Å². The molecule has 180 valence electrons. The van der Waals surface area contributed by atoms with E-state index in [4.69, 9.17) is 11.6 Å². The lowest BCUT2D eigenvalue weighted by molar-refractivity contribution is 0.0674. The van der Waals surface area contributed by atoms with Gasteiger partial charge in [-0.15, -0.1) is 0 Å². The van der Waals surface area contributed by atoms with Crippen LogP contribution in [0.1, 0.15) is 61.1 Å². The predicted molar refractivity (Wildman–Crippen MR) is 127 cm³/mol. The molecule has 0 radical (unpaired) electrons. The van der Waals surface area contributed by atoms with Crippen LogP contribution in [0.3, 0.4) is 0 Å². The van der Waals surface area contributed by atoms with Crippen LogP contribution in [-0.2, 0) is 26.2 Å². The Morgan fingerprint density at radius 1 is 1.24 bits per heavy atom. The topological polar surface area (TPSA) is 114 Å². The lowest BCUT2D eigenvalue weighted by Crippen LogP contribution is -2.41. The summed E-state index contributed by atoms with van der Waals surface area (Å²) in [7, 11) is -7.04. The van der Waals surface area contributed by atoms with Crippen molar-refractivity contribution >= 4 is 37.2 Å². The molecule has 0 bridgehead atoms. The van der Waals surface area contributed by atoms with Crippen molar-refractivity contribution in [2.45, 2.75) is 57.3 Å². The van der Waals surface area contributed by atoms with Crippen molar-refractivity contribution in [1.29, 1.82) is 0 Å². The summed E-state index contributed by atoms with van der Waals surface area (Å²) in [6, 6.07) is 7.19. The Kier molecular flexibility index (Phi) is 7.80. The first-order valence-electron chi connectivity index (χ1n) is 10.8. The Hall–Kier alpha value is -2.04. The molecular formula is C22H28ClN3O5S2. The average Bonchev–Trinajstić information content (AvgIpc) is 3.11. The molecule has 1 saturated heterocycles. The van der Waals surface area contributed by atoms with E-state index < -0.39 is 36.8 Å². The fraction of sp³-hybridized carbons (Fsp3) is 0.500. The summed E-state index contributed by atoms with van der Waals surface area (Å²) < 4.78 is 49.1. The molecule has 1 aromatic carbocycles. The van der Waals surface area contributed by atoms with Crippen LogP contribution in [0.25, 0.3) is 0 Å². The van der Waals surface area contributed by atoms with Crippen molar-refractivity contribution in [2.75, 3.05) is 17.3 Å². The van der Waals surface area contributed by atoms with Gasteiger partial charge in [-0.25, -0.2) is 26.8 Å². The maximum atomic E-state index is 13.5. The Morgan fingerprint density at radius 2 is 1.91 bits per heavy atom. The number of hydrogen-bond acceptors (Lipinski definition) is 7. The molecule has 2 aromatic rings. The van der Waals surface area contributed by atoms with Gasteiger partial charge in [0.05, 0.1) is 28.5 Å². The van der Waals surface area contributed by atoms with Crippen molar-refractivity contribution in [2.24, 2.45) is 0 Å². The van der Waals surface area contributed by atoms with Gasteiger partial charge in [0, 0.05) is 12.6 Å². The largest absolute Gasteiger partial charge is 0.329 e. The normalized spacial score (nSPS) is 17.9. The molecule has 11 heteroatoms. The molecular weight excluding hydrogens is 486 g/mol. The lowest BCUT2D eigenvalue weighted by Gasteiger charge is -2.28. The van der Waals surface area contributed by atoms with E-state index in [0.717, 1.165) is 17.3 Å². The van der Waals surface area contributed by atoms with Gasteiger partial charge in [-0.3, -0.25) is 4.79 Å². The summed E-state index contributed by atoms with van der Waals surface area (Å²) in [5, 5.41) is -0.547. The first kappa shape index (κ1) is 25.6. The fourth-order valence-electron chi connectivity index (χ4n) is 3.74. The van der Waals surface area contributed by atoms with Gasteiger partial charge in [0.1, 0.15) is 0 Å². The van der Waals surface area contributed by atoms with Gasteiger partial charge in [0.2, 0.25) is 15.0 Å². The van der Waals surface area contributed by atoms with E-state index in [9.17, 15) is 21.6 Å². The third kappa shape index (κ3) is 6.10. The summed E-state index contributed by atoms with van der Waals surface area (Å²) in [5.41, 5.74) is 1.72. The van der Waals surface area contributed by atoms with Crippen LogP contribution >= 0.6 is 11.6 Å². The van der Waals surface area contributed by atoms with E-state index in [1.807, 2.05) is 24.3 Å². The summed E-state index contributed by atoms with van der Waals surface area (Å²) in [6.07, 6.45) is 1.77. The van der Waals surface area contributed by atoms with Crippen LogP contribution < -0.4 is 0 Å². The van der Waals surface area contributed by atoms with Crippen LogP contribution in [0.15, 0.2) is 35.6 Å². The first-order chi connectivity index (χ1) is 15.4. The second kappa shape index (κ2) is 10.1. The van der Waals surface area contributed by atoms with Gasteiger partial charge in [-0.2, -0.15) is 0 Å². The molecule has 0 N–H and O–H groups in total. The maximum absolute atomic E-state index is 13.5. The van der Waals surface area contributed by atoms with Gasteiger partial charge in [-0.05, 0) is 29.9 Å². The SMILES string of the molecule is CCCS(=O)(=O)c1ncc(Cl)c(C(=O)N(Cc2ccc(C(C)C)cc2)C2CCS(=O)(=O)C2)n1. The van der Waals surface area contributed by atoms with E-state index in [0.29, 0.717) is 18.8 Å². The molecule has 0 saturated carbocycles. The maximum Gasteiger partial charge on any atom is 0.274 e. The minimum Gasteiger partial charge on any atom is -0.329 e. The third-order valence-electron chi connectivity index (χ3n) is 5.58. The Labute approximate surface area is 200 Å². The number of aromatic nitrogens is 2. The molecule has 1 aliphatic rings. The Bertz CT molecular complexity index is 1230. The number of benzene rings is 1. The molecule has 0 spiro atoms. The zero-order chi connectivity index (χ0) is 24.4. The summed E-state index contributed by atoms with van der Waals surface area (Å²) >= 11 is 6.20. The van der Waals surface area contributed by atoms with Crippen molar-refractivity contribution in [3.05, 3.63) is 52.3 Å². The van der Waals surface area contributed by atoms with Crippen molar-refractivity contribution in [1.82, 2.24) is 14.9 Å². The summed E-state index contributed by atoms with van der Waals surface area (Å²) in [6.45, 7) is 6.02. The Balaban J connectivity index is 1.99. The number of amides is 1. The molecule has 3 rings (SSSR count). The number of carbonyl (C=O) groups excluding carboxylic acids is 1. The van der Waals surface area contributed by atoms with E-state index in [1.165, 1.54) is 4.90 Å². The number of carbonyl (C=O) groups is 1. The molecule has 1 fully saturated rings. The molecule has 1 aliphatic heterocycles. The van der Waals surface area contributed by atoms with Crippen LogP contribution in [0.4, 0.5) is 0 Å². The van der Waals surface area contributed by atoms with Gasteiger partial charge < -0.3 is 4.90 Å². The van der Waals surface area contributed by atoms with Crippen LogP contribution in [-0.4, -0.2) is 60.9 Å². The van der Waals surface area contributed by atoms with Crippen LogP contribution in [0.2, 0.25) is 5.02 Å². The molecule has 2 heterocycles. The van der Waals surface area contributed by atoms with Crippen molar-refractivity contribution < 1.29 is 21.6 Å². The lowest BCUT2D eigenvalue weighted by atomic mass is 10.0. The highest BCUT2D eigenvalue weighted by Crippen LogP contribution is 2.25. The van der Waals surface area contributed by atoms with E-state index in [2.05, 4.69) is 23.8 Å². The minimum atomic E-state index is -3.77. The molecule has 1 aromatic heterocycles. The summed E-state index contributed by atoms with van der Waals surface area (Å²) in [5.74, 6) is -0.603. The molecule has 1 atom stereocenters. The molecule has 33 heavy (non-hydrogen) atoms. The zero-order valence-electron chi connectivity index (χ0n) is 18.9. The quantitative estimate of drug-likeness (QED) is 0.497. The second-order valence-electron chi connectivity index (χ2n) is 8.55. The average molecular weight is 514 g/mol. The molecule has 0 aliphatic carbocycles. The number of sulfone groups is 2. The van der Waals surface area contributed by atoms with Crippen LogP contribution in [0, 0.1) is 0 Å². The van der Waals surface area contributed by atoms with Crippen molar-refractivity contribution in [3.63, 3.8) is 0 Å². The number of halogens is 1. The van der Waals surface area contributed by atoms with Gasteiger partial charge in [-0.1, -0.05) is 56.6 Å². The van der Waals surface area contributed by atoms with Crippen molar-refractivity contribution in [3.8, 4) is 0 Å². The van der Waals surface area contributed by atoms with E-state index in [-0.39, 0.29) is 34.5 Å². The highest BCUT2D eigenvalue weighted by atomic mass is 35.5. The van der Waals surface area contributed by atoms with Gasteiger partial charge >= 0.3 is 0 Å². The number of hydrogen-bond donors (Lipinski definition) is 0. The number of rotatable bonds is 8. The highest BCUT2D eigenvalue weighted by Gasteiger charge is 2.36. The third-order valence-corrected chi connectivity index (χ3v) is 9.31. The minimum absolute atomic E-state index is 0.0125. The van der Waals surface area contributed by atoms with E-state index >= 15 is 0 Å². The molecule has 8 nitrogen and oxygen atoms in total. The molecule has 1 amide bonds. The number of nitrogens with zero attached hydrogens (tertiary/aromatic N) is 3. The fourth-order valence-corrected chi connectivity index (χ4v) is 6.81. The second-order valence-corrected chi connectivity index (χ2v) is 13.2. The predicted octanol–water partition coefficient (Wildman–Crippen LogP) is 3.27. The monoisotopic (exact) mass is 513 g/mol. The van der Waals surface area contributed by atoms with Gasteiger partial charge in [0.25, 0.3) is 5.91 Å². The molecule has 1 unspecified atom stereocenters. The Morgan fingerprint density at radius 3 is 2.45 bits per heavy atom. The zero-order valence-corrected chi connectivity index (χ0v) is 21.3. The standard InChI is InChI=1S/C22H28ClN3O5S2/c1-4-10-33(30,31)22-24-12-19(23)20(25-22)21(27)26(18-9-11-32(28,29)14-18)13-16-5-7-17(8-6-16)15(2)3/h5-8,12,15,18H,4,9-11,13-14H2,1-3H3. The highest BCUT2D eigenvalue weighted by molar-refractivity contribution is 7.91. The smallest absolute Gasteiger partial charge is 0.274 e. The van der Waals surface area contributed by atoms with E-state index in [1.54, 1.807) is 6.92 Å². The first-order valence-corrected chi connectivity index (χ1v) is 14.6. The van der Waals surface area contributed by atoms with Gasteiger partial charge in [0.15, 0.2) is 15.5 Å². The summed E-state index contributed by atoms with van der Waals surface area (Å²) in [4.78, 5) is 22.8.